The second-order valence-electron chi connectivity index (χ2n) is 8.04. The van der Waals surface area contributed by atoms with Crippen LogP contribution in [-0.2, 0) is 6.54 Å². The van der Waals surface area contributed by atoms with Crippen LogP contribution in [0.25, 0.3) is 11.0 Å². The van der Waals surface area contributed by atoms with E-state index in [2.05, 4.69) is 25.8 Å². The van der Waals surface area contributed by atoms with Crippen molar-refractivity contribution >= 4 is 44.5 Å². The van der Waals surface area contributed by atoms with E-state index < -0.39 is 0 Å². The average Bonchev–Trinajstić information content (AvgIpc) is 3.16. The molecular weight excluding hydrogens is 502 g/mol. The van der Waals surface area contributed by atoms with Gasteiger partial charge in [-0.2, -0.15) is 0 Å². The molecule has 3 aromatic carbocycles. The zero-order chi connectivity index (χ0) is 23.5. The Bertz CT molecular complexity index is 1300. The van der Waals surface area contributed by atoms with E-state index in [-0.39, 0.29) is 11.9 Å². The van der Waals surface area contributed by atoms with Crippen LogP contribution in [0.15, 0.2) is 65.1 Å². The van der Waals surface area contributed by atoms with E-state index >= 15 is 0 Å². The van der Waals surface area contributed by atoms with Gasteiger partial charge in [0, 0.05) is 15.1 Å². The highest BCUT2D eigenvalue weighted by molar-refractivity contribution is 9.10. The van der Waals surface area contributed by atoms with E-state index in [9.17, 15) is 4.79 Å². The van der Waals surface area contributed by atoms with E-state index in [1.54, 1.807) is 12.1 Å². The van der Waals surface area contributed by atoms with E-state index in [1.165, 1.54) is 0 Å². The van der Waals surface area contributed by atoms with Crippen LogP contribution in [0, 0.1) is 13.8 Å². The molecule has 0 spiro atoms. The fraction of sp³-hybridized carbons (Fsp3) is 0.231. The lowest BCUT2D eigenvalue weighted by atomic mass is 10.1. The molecule has 1 amide bonds. The van der Waals surface area contributed by atoms with Gasteiger partial charge in [-0.05, 0) is 74.4 Å². The monoisotopic (exact) mass is 525 g/mol. The van der Waals surface area contributed by atoms with Gasteiger partial charge in [0.05, 0.1) is 23.6 Å². The molecule has 0 aliphatic carbocycles. The van der Waals surface area contributed by atoms with Crippen molar-refractivity contribution in [3.05, 3.63) is 92.7 Å². The third-order valence-corrected chi connectivity index (χ3v) is 6.59. The quantitative estimate of drug-likeness (QED) is 0.294. The number of aromatic nitrogens is 2. The Morgan fingerprint density at radius 1 is 1.12 bits per heavy atom. The van der Waals surface area contributed by atoms with Crippen LogP contribution in [0.5, 0.6) is 5.75 Å². The number of amides is 1. The average molecular weight is 527 g/mol. The maximum absolute atomic E-state index is 12.8. The van der Waals surface area contributed by atoms with Crippen LogP contribution >= 0.6 is 27.5 Å². The number of benzene rings is 3. The molecule has 1 atom stereocenters. The predicted octanol–water partition coefficient (Wildman–Crippen LogP) is 6.64. The minimum Gasteiger partial charge on any atom is -0.492 e. The fourth-order valence-corrected chi connectivity index (χ4v) is 4.39. The van der Waals surface area contributed by atoms with Crippen molar-refractivity contribution in [2.45, 2.75) is 33.4 Å². The summed E-state index contributed by atoms with van der Waals surface area (Å²) < 4.78 is 9.01. The van der Waals surface area contributed by atoms with Crippen LogP contribution < -0.4 is 10.1 Å². The Hall–Kier alpha value is -2.83. The molecule has 170 valence electrons. The number of para-hydroxylation sites is 2. The van der Waals surface area contributed by atoms with Gasteiger partial charge in [0.2, 0.25) is 0 Å². The summed E-state index contributed by atoms with van der Waals surface area (Å²) >= 11 is 9.69. The number of hydrogen-bond acceptors (Lipinski definition) is 3. The van der Waals surface area contributed by atoms with Crippen LogP contribution in [0.2, 0.25) is 5.02 Å². The van der Waals surface area contributed by atoms with Crippen molar-refractivity contribution in [1.82, 2.24) is 14.9 Å². The lowest BCUT2D eigenvalue weighted by Gasteiger charge is -2.17. The van der Waals surface area contributed by atoms with E-state index in [0.717, 1.165) is 43.2 Å². The minimum absolute atomic E-state index is 0.147. The second-order valence-corrected chi connectivity index (χ2v) is 9.33. The Morgan fingerprint density at radius 2 is 1.85 bits per heavy atom. The van der Waals surface area contributed by atoms with Crippen LogP contribution in [0.1, 0.15) is 40.3 Å². The van der Waals surface area contributed by atoms with Crippen LogP contribution in [0.4, 0.5) is 0 Å². The Kier molecular flexibility index (Phi) is 7.05. The van der Waals surface area contributed by atoms with Crippen molar-refractivity contribution in [2.24, 2.45) is 0 Å². The summed E-state index contributed by atoms with van der Waals surface area (Å²) in [7, 11) is 0. The molecule has 4 aromatic rings. The topological polar surface area (TPSA) is 56.1 Å². The number of halogens is 2. The molecule has 4 rings (SSSR count). The molecule has 33 heavy (non-hydrogen) atoms. The summed E-state index contributed by atoms with van der Waals surface area (Å²) in [5, 5.41) is 3.84. The molecule has 0 saturated carbocycles. The van der Waals surface area contributed by atoms with Crippen LogP contribution in [-0.4, -0.2) is 22.1 Å². The summed E-state index contributed by atoms with van der Waals surface area (Å²) in [5.41, 5.74) is 4.46. The molecule has 0 fully saturated rings. The molecule has 1 unspecified atom stereocenters. The number of carbonyl (C=O) groups excluding carboxylic acids is 1. The molecule has 1 aromatic heterocycles. The molecule has 0 bridgehead atoms. The van der Waals surface area contributed by atoms with Crippen molar-refractivity contribution in [3.8, 4) is 5.75 Å². The Balaban J connectivity index is 1.54. The molecule has 7 heteroatoms. The van der Waals surface area contributed by atoms with Gasteiger partial charge in [0.25, 0.3) is 5.91 Å². The van der Waals surface area contributed by atoms with Gasteiger partial charge in [-0.15, -0.1) is 0 Å². The van der Waals surface area contributed by atoms with Gasteiger partial charge in [-0.25, -0.2) is 4.98 Å². The summed E-state index contributed by atoms with van der Waals surface area (Å²) in [4.78, 5) is 17.6. The molecule has 5 nitrogen and oxygen atoms in total. The molecular formula is C26H25BrClN3O2. The number of carbonyl (C=O) groups is 1. The summed E-state index contributed by atoms with van der Waals surface area (Å²) in [6.45, 7) is 6.94. The first kappa shape index (κ1) is 23.3. The zero-order valence-electron chi connectivity index (χ0n) is 18.7. The lowest BCUT2D eigenvalue weighted by Crippen LogP contribution is -2.29. The number of nitrogens with zero attached hydrogens (tertiary/aromatic N) is 2. The maximum Gasteiger partial charge on any atom is 0.251 e. The van der Waals surface area contributed by atoms with Crippen molar-refractivity contribution < 1.29 is 9.53 Å². The summed E-state index contributed by atoms with van der Waals surface area (Å²) in [5.74, 6) is 1.42. The van der Waals surface area contributed by atoms with Gasteiger partial charge < -0.3 is 14.6 Å². The normalized spacial score (nSPS) is 12.0. The fourth-order valence-electron chi connectivity index (χ4n) is 3.88. The molecule has 0 aliphatic rings. The van der Waals surface area contributed by atoms with Crippen molar-refractivity contribution in [2.75, 3.05) is 6.61 Å². The van der Waals surface area contributed by atoms with Crippen molar-refractivity contribution in [1.29, 1.82) is 0 Å². The highest BCUT2D eigenvalue weighted by atomic mass is 79.9. The van der Waals surface area contributed by atoms with Gasteiger partial charge in [0.1, 0.15) is 18.2 Å². The highest BCUT2D eigenvalue weighted by Crippen LogP contribution is 2.26. The molecule has 1 N–H and O–H groups in total. The Labute approximate surface area is 206 Å². The third-order valence-electron chi connectivity index (χ3n) is 5.50. The molecule has 0 radical (unpaired) electrons. The largest absolute Gasteiger partial charge is 0.492 e. The predicted molar refractivity (Wildman–Crippen MR) is 136 cm³/mol. The van der Waals surface area contributed by atoms with Crippen LogP contribution in [0.3, 0.4) is 0 Å². The number of ether oxygens (including phenoxy) is 1. The smallest absolute Gasteiger partial charge is 0.251 e. The molecule has 1 heterocycles. The van der Waals surface area contributed by atoms with Crippen molar-refractivity contribution in [3.63, 3.8) is 0 Å². The summed E-state index contributed by atoms with van der Waals surface area (Å²) in [6, 6.07) is 18.9. The third kappa shape index (κ3) is 5.23. The standard InChI is InChI=1S/C26H25BrClN3O2/c1-16-13-21(14-17(2)24(16)28)33-12-11-31-23-10-5-4-9-22(23)30-25(31)18(3)29-26(32)19-7-6-8-20(27)15-19/h4-10,13-15,18H,11-12H2,1-3H3,(H,29,32). The number of nitrogens with one attached hydrogen (secondary N) is 1. The number of hydrogen-bond donors (Lipinski definition) is 1. The van der Waals surface area contributed by atoms with E-state index in [1.807, 2.05) is 69.3 Å². The second kappa shape index (κ2) is 9.98. The zero-order valence-corrected chi connectivity index (χ0v) is 21.1. The first-order valence-corrected chi connectivity index (χ1v) is 11.9. The number of aryl methyl sites for hydroxylation is 2. The van der Waals surface area contributed by atoms with Gasteiger partial charge >= 0.3 is 0 Å². The first-order valence-electron chi connectivity index (χ1n) is 10.7. The van der Waals surface area contributed by atoms with Gasteiger partial charge in [-0.1, -0.05) is 45.7 Å². The Morgan fingerprint density at radius 3 is 2.58 bits per heavy atom. The number of rotatable bonds is 7. The minimum atomic E-state index is -0.288. The van der Waals surface area contributed by atoms with Gasteiger partial charge in [-0.3, -0.25) is 4.79 Å². The maximum atomic E-state index is 12.8. The van der Waals surface area contributed by atoms with E-state index in [0.29, 0.717) is 18.7 Å². The van der Waals surface area contributed by atoms with Gasteiger partial charge in [0.15, 0.2) is 0 Å². The lowest BCUT2D eigenvalue weighted by molar-refractivity contribution is 0.0937. The van der Waals surface area contributed by atoms with E-state index in [4.69, 9.17) is 21.3 Å². The highest BCUT2D eigenvalue weighted by Gasteiger charge is 2.19. The SMILES string of the molecule is Cc1cc(OCCn2c(C(C)NC(=O)c3cccc(Br)c3)nc3ccccc32)cc(C)c1Cl. The number of imidazole rings is 1. The molecule has 0 saturated heterocycles. The first-order chi connectivity index (χ1) is 15.8. The molecule has 0 aliphatic heterocycles. The summed E-state index contributed by atoms with van der Waals surface area (Å²) in [6.07, 6.45) is 0. The number of fused-ring (bicyclic) bond motifs is 1.